The van der Waals surface area contributed by atoms with Gasteiger partial charge in [-0.2, -0.15) is 0 Å². The average Bonchev–Trinajstić information content (AvgIpc) is 2.42. The standard InChI is InChI=1S/C14H18N4/c1-18(11-12-6-2-4-8-16-12)14(10-15)13-7-3-5-9-17-13/h2-9,14H,10-11,15H2,1H3. The summed E-state index contributed by atoms with van der Waals surface area (Å²) in [5, 5.41) is 0. The molecule has 1 atom stereocenters. The molecule has 0 aliphatic carbocycles. The molecule has 4 heteroatoms. The summed E-state index contributed by atoms with van der Waals surface area (Å²) in [7, 11) is 2.04. The zero-order valence-corrected chi connectivity index (χ0v) is 10.5. The molecule has 1 unspecified atom stereocenters. The Hall–Kier alpha value is -1.78. The van der Waals surface area contributed by atoms with Gasteiger partial charge in [0.15, 0.2) is 0 Å². The third-order valence-electron chi connectivity index (χ3n) is 2.92. The Kier molecular flexibility index (Phi) is 4.39. The summed E-state index contributed by atoms with van der Waals surface area (Å²) in [6.07, 6.45) is 3.61. The highest BCUT2D eigenvalue weighted by atomic mass is 15.2. The first-order chi connectivity index (χ1) is 8.81. The lowest BCUT2D eigenvalue weighted by Gasteiger charge is -2.26. The summed E-state index contributed by atoms with van der Waals surface area (Å²) < 4.78 is 0. The van der Waals surface area contributed by atoms with Gasteiger partial charge in [-0.1, -0.05) is 12.1 Å². The predicted octanol–water partition coefficient (Wildman–Crippen LogP) is 1.61. The van der Waals surface area contributed by atoms with Crippen LogP contribution in [0.2, 0.25) is 0 Å². The van der Waals surface area contributed by atoms with Gasteiger partial charge in [0, 0.05) is 25.5 Å². The molecule has 0 fully saturated rings. The largest absolute Gasteiger partial charge is 0.329 e. The van der Waals surface area contributed by atoms with Gasteiger partial charge in [-0.15, -0.1) is 0 Å². The first kappa shape index (κ1) is 12.7. The van der Waals surface area contributed by atoms with Crippen molar-refractivity contribution in [1.29, 1.82) is 0 Å². The third kappa shape index (κ3) is 3.12. The molecule has 0 aromatic carbocycles. The van der Waals surface area contributed by atoms with Gasteiger partial charge in [-0.3, -0.25) is 14.9 Å². The van der Waals surface area contributed by atoms with Crippen LogP contribution in [0.3, 0.4) is 0 Å². The van der Waals surface area contributed by atoms with E-state index < -0.39 is 0 Å². The topological polar surface area (TPSA) is 55.0 Å². The lowest BCUT2D eigenvalue weighted by molar-refractivity contribution is 0.235. The molecule has 2 rings (SSSR count). The first-order valence-electron chi connectivity index (χ1n) is 6.02. The van der Waals surface area contributed by atoms with E-state index >= 15 is 0 Å². The number of likely N-dealkylation sites (N-methyl/N-ethyl adjacent to an activating group) is 1. The molecule has 0 radical (unpaired) electrons. The van der Waals surface area contributed by atoms with E-state index in [0.29, 0.717) is 6.54 Å². The molecule has 18 heavy (non-hydrogen) atoms. The molecule has 0 saturated carbocycles. The van der Waals surface area contributed by atoms with Gasteiger partial charge in [0.1, 0.15) is 0 Å². The fraction of sp³-hybridized carbons (Fsp3) is 0.286. The maximum atomic E-state index is 5.86. The van der Waals surface area contributed by atoms with Crippen LogP contribution in [0.5, 0.6) is 0 Å². The first-order valence-corrected chi connectivity index (χ1v) is 6.02. The Morgan fingerprint density at radius 3 is 2.39 bits per heavy atom. The lowest BCUT2D eigenvalue weighted by atomic mass is 10.1. The van der Waals surface area contributed by atoms with Crippen LogP contribution < -0.4 is 5.73 Å². The Morgan fingerprint density at radius 2 is 1.83 bits per heavy atom. The second-order valence-electron chi connectivity index (χ2n) is 4.24. The van der Waals surface area contributed by atoms with Crippen LogP contribution in [0.4, 0.5) is 0 Å². The molecule has 2 heterocycles. The van der Waals surface area contributed by atoms with Crippen LogP contribution in [-0.2, 0) is 6.54 Å². The quantitative estimate of drug-likeness (QED) is 0.865. The van der Waals surface area contributed by atoms with Crippen molar-refractivity contribution in [3.05, 3.63) is 60.2 Å². The van der Waals surface area contributed by atoms with Crippen molar-refractivity contribution in [3.63, 3.8) is 0 Å². The molecule has 0 aliphatic rings. The van der Waals surface area contributed by atoms with Gasteiger partial charge in [0.25, 0.3) is 0 Å². The fourth-order valence-electron chi connectivity index (χ4n) is 1.96. The Labute approximate surface area is 107 Å². The average molecular weight is 242 g/mol. The summed E-state index contributed by atoms with van der Waals surface area (Å²) in [4.78, 5) is 10.9. The van der Waals surface area contributed by atoms with E-state index in [0.717, 1.165) is 17.9 Å². The summed E-state index contributed by atoms with van der Waals surface area (Å²) in [5.74, 6) is 0. The van der Waals surface area contributed by atoms with Crippen molar-refractivity contribution in [2.75, 3.05) is 13.6 Å². The van der Waals surface area contributed by atoms with Crippen molar-refractivity contribution < 1.29 is 0 Å². The predicted molar refractivity (Wildman–Crippen MR) is 71.7 cm³/mol. The van der Waals surface area contributed by atoms with Crippen LogP contribution in [0.25, 0.3) is 0 Å². The fourth-order valence-corrected chi connectivity index (χ4v) is 1.96. The zero-order valence-electron chi connectivity index (χ0n) is 10.5. The molecule has 4 nitrogen and oxygen atoms in total. The molecule has 0 aliphatic heterocycles. The highest BCUT2D eigenvalue weighted by Gasteiger charge is 2.16. The number of pyridine rings is 2. The van der Waals surface area contributed by atoms with Crippen LogP contribution in [0.15, 0.2) is 48.8 Å². The number of nitrogens with zero attached hydrogens (tertiary/aromatic N) is 3. The highest BCUT2D eigenvalue weighted by molar-refractivity contribution is 5.10. The molecule has 2 aromatic heterocycles. The van der Waals surface area contributed by atoms with E-state index in [4.69, 9.17) is 5.73 Å². The van der Waals surface area contributed by atoms with E-state index in [1.807, 2.05) is 43.4 Å². The summed E-state index contributed by atoms with van der Waals surface area (Å²) in [5.41, 5.74) is 7.89. The number of hydrogen-bond donors (Lipinski definition) is 1. The second-order valence-corrected chi connectivity index (χ2v) is 4.24. The maximum absolute atomic E-state index is 5.86. The summed E-state index contributed by atoms with van der Waals surface area (Å²) >= 11 is 0. The van der Waals surface area contributed by atoms with Crippen molar-refractivity contribution in [3.8, 4) is 0 Å². The SMILES string of the molecule is CN(Cc1ccccn1)C(CN)c1ccccn1. The third-order valence-corrected chi connectivity index (χ3v) is 2.92. The highest BCUT2D eigenvalue weighted by Crippen LogP contribution is 2.17. The van der Waals surface area contributed by atoms with E-state index in [2.05, 4.69) is 14.9 Å². The second kappa shape index (κ2) is 6.23. The smallest absolute Gasteiger partial charge is 0.0645 e. The van der Waals surface area contributed by atoms with Gasteiger partial charge in [-0.05, 0) is 31.3 Å². The van der Waals surface area contributed by atoms with Gasteiger partial charge in [0.2, 0.25) is 0 Å². The minimum atomic E-state index is 0.119. The molecule has 0 spiro atoms. The Bertz CT molecular complexity index is 458. The van der Waals surface area contributed by atoms with Crippen LogP contribution in [0, 0.1) is 0 Å². The van der Waals surface area contributed by atoms with Crippen LogP contribution in [0.1, 0.15) is 17.4 Å². The molecule has 0 saturated heterocycles. The number of nitrogens with two attached hydrogens (primary N) is 1. The van der Waals surface area contributed by atoms with Gasteiger partial charge in [-0.25, -0.2) is 0 Å². The van der Waals surface area contributed by atoms with Gasteiger partial charge >= 0.3 is 0 Å². The minimum Gasteiger partial charge on any atom is -0.329 e. The monoisotopic (exact) mass is 242 g/mol. The summed E-state index contributed by atoms with van der Waals surface area (Å²) in [6, 6.07) is 12.0. The Morgan fingerprint density at radius 1 is 1.11 bits per heavy atom. The number of hydrogen-bond acceptors (Lipinski definition) is 4. The zero-order chi connectivity index (χ0) is 12.8. The molecule has 0 bridgehead atoms. The van der Waals surface area contributed by atoms with E-state index in [1.165, 1.54) is 0 Å². The van der Waals surface area contributed by atoms with Crippen LogP contribution in [-0.4, -0.2) is 28.5 Å². The number of rotatable bonds is 5. The van der Waals surface area contributed by atoms with E-state index in [1.54, 1.807) is 12.4 Å². The van der Waals surface area contributed by atoms with Crippen molar-refractivity contribution >= 4 is 0 Å². The minimum absolute atomic E-state index is 0.119. The van der Waals surface area contributed by atoms with E-state index in [-0.39, 0.29) is 6.04 Å². The normalized spacial score (nSPS) is 12.6. The van der Waals surface area contributed by atoms with Gasteiger partial charge in [0.05, 0.1) is 17.4 Å². The molecule has 2 N–H and O–H groups in total. The Balaban J connectivity index is 2.09. The van der Waals surface area contributed by atoms with Gasteiger partial charge < -0.3 is 5.73 Å². The molecular formula is C14H18N4. The van der Waals surface area contributed by atoms with Crippen molar-refractivity contribution in [2.45, 2.75) is 12.6 Å². The van der Waals surface area contributed by atoms with Crippen molar-refractivity contribution in [2.24, 2.45) is 5.73 Å². The van der Waals surface area contributed by atoms with Crippen LogP contribution >= 0.6 is 0 Å². The molecular weight excluding hydrogens is 224 g/mol. The maximum Gasteiger partial charge on any atom is 0.0645 e. The summed E-state index contributed by atoms with van der Waals surface area (Å²) in [6.45, 7) is 1.31. The van der Waals surface area contributed by atoms with E-state index in [9.17, 15) is 0 Å². The molecule has 94 valence electrons. The molecule has 2 aromatic rings. The lowest BCUT2D eigenvalue weighted by Crippen LogP contribution is -2.31. The number of aromatic nitrogens is 2. The molecule has 0 amide bonds. The van der Waals surface area contributed by atoms with Crippen molar-refractivity contribution in [1.82, 2.24) is 14.9 Å².